The monoisotopic (exact) mass is 250 g/mol. The Bertz CT molecular complexity index is 391. The molecule has 0 aliphatic carbocycles. The van der Waals surface area contributed by atoms with Gasteiger partial charge in [0.2, 0.25) is 5.91 Å². The molecule has 0 radical (unpaired) electrons. The number of amides is 1. The zero-order valence-corrected chi connectivity index (χ0v) is 11.4. The molecule has 1 rings (SSSR count). The van der Waals surface area contributed by atoms with Crippen molar-refractivity contribution in [3.63, 3.8) is 0 Å². The number of methoxy groups -OCH3 is 1. The normalized spacial score (nSPS) is 10.4. The summed E-state index contributed by atoms with van der Waals surface area (Å²) >= 11 is 0. The minimum atomic E-state index is -0.00245. The van der Waals surface area contributed by atoms with Crippen molar-refractivity contribution >= 4 is 5.91 Å². The average molecular weight is 250 g/mol. The summed E-state index contributed by atoms with van der Waals surface area (Å²) in [5, 5.41) is 5.91. The van der Waals surface area contributed by atoms with Crippen molar-refractivity contribution in [1.82, 2.24) is 10.6 Å². The van der Waals surface area contributed by atoms with Gasteiger partial charge in [-0.2, -0.15) is 0 Å². The van der Waals surface area contributed by atoms with Crippen LogP contribution in [0, 0.1) is 13.8 Å². The summed E-state index contributed by atoms with van der Waals surface area (Å²) in [7, 11) is 1.62. The van der Waals surface area contributed by atoms with E-state index in [0.717, 1.165) is 0 Å². The molecule has 0 saturated carbocycles. The molecule has 0 aromatic heterocycles. The lowest BCUT2D eigenvalue weighted by molar-refractivity contribution is -0.120. The van der Waals surface area contributed by atoms with E-state index in [9.17, 15) is 4.79 Å². The second-order valence-electron chi connectivity index (χ2n) is 4.31. The Morgan fingerprint density at radius 3 is 2.83 bits per heavy atom. The summed E-state index contributed by atoms with van der Waals surface area (Å²) < 4.78 is 4.86. The molecule has 0 heterocycles. The number of nitrogens with one attached hydrogen (secondary N) is 2. The average Bonchev–Trinajstić information content (AvgIpc) is 2.35. The molecule has 18 heavy (non-hydrogen) atoms. The molecule has 1 amide bonds. The number of carbonyl (C=O) groups is 1. The van der Waals surface area contributed by atoms with Crippen molar-refractivity contribution in [3.05, 3.63) is 34.9 Å². The first kappa shape index (κ1) is 14.7. The summed E-state index contributed by atoms with van der Waals surface area (Å²) in [5.74, 6) is -0.00245. The number of benzene rings is 1. The summed E-state index contributed by atoms with van der Waals surface area (Å²) in [6.45, 7) is 6.34. The van der Waals surface area contributed by atoms with Crippen LogP contribution in [-0.2, 0) is 16.1 Å². The zero-order valence-electron chi connectivity index (χ0n) is 11.4. The molecule has 4 nitrogen and oxygen atoms in total. The SMILES string of the molecule is COCCNC(=O)CNCc1cccc(C)c1C. The fourth-order valence-electron chi connectivity index (χ4n) is 1.67. The van der Waals surface area contributed by atoms with E-state index >= 15 is 0 Å². The van der Waals surface area contributed by atoms with Crippen LogP contribution in [0.1, 0.15) is 16.7 Å². The van der Waals surface area contributed by atoms with Gasteiger partial charge >= 0.3 is 0 Å². The Labute approximate surface area is 109 Å². The van der Waals surface area contributed by atoms with Gasteiger partial charge in [0, 0.05) is 20.2 Å². The minimum Gasteiger partial charge on any atom is -0.383 e. The van der Waals surface area contributed by atoms with Gasteiger partial charge in [0.1, 0.15) is 0 Å². The minimum absolute atomic E-state index is 0.00245. The van der Waals surface area contributed by atoms with Gasteiger partial charge in [-0.1, -0.05) is 18.2 Å². The van der Waals surface area contributed by atoms with Crippen LogP contribution < -0.4 is 10.6 Å². The standard InChI is InChI=1S/C14H22N2O2/c1-11-5-4-6-13(12(11)2)9-15-10-14(17)16-7-8-18-3/h4-6,15H,7-10H2,1-3H3,(H,16,17). The van der Waals surface area contributed by atoms with E-state index in [1.807, 2.05) is 6.07 Å². The van der Waals surface area contributed by atoms with Crippen molar-refractivity contribution in [3.8, 4) is 0 Å². The van der Waals surface area contributed by atoms with Gasteiger partial charge in [0.05, 0.1) is 13.2 Å². The van der Waals surface area contributed by atoms with E-state index in [0.29, 0.717) is 26.2 Å². The van der Waals surface area contributed by atoms with Crippen LogP contribution in [-0.4, -0.2) is 32.7 Å². The predicted molar refractivity (Wildman–Crippen MR) is 72.5 cm³/mol. The van der Waals surface area contributed by atoms with Gasteiger partial charge in [0.15, 0.2) is 0 Å². The third-order valence-electron chi connectivity index (χ3n) is 2.95. The molecule has 0 unspecified atom stereocenters. The van der Waals surface area contributed by atoms with Gasteiger partial charge in [-0.25, -0.2) is 0 Å². The van der Waals surface area contributed by atoms with Crippen molar-refractivity contribution in [2.45, 2.75) is 20.4 Å². The lowest BCUT2D eigenvalue weighted by Gasteiger charge is -2.10. The zero-order chi connectivity index (χ0) is 13.4. The number of rotatable bonds is 7. The number of aryl methyl sites for hydroxylation is 1. The van der Waals surface area contributed by atoms with Crippen LogP contribution >= 0.6 is 0 Å². The van der Waals surface area contributed by atoms with E-state index in [2.05, 4.69) is 36.6 Å². The molecule has 0 bridgehead atoms. The van der Waals surface area contributed by atoms with Gasteiger partial charge in [-0.15, -0.1) is 0 Å². The van der Waals surface area contributed by atoms with Crippen LogP contribution in [0.3, 0.4) is 0 Å². The first-order valence-corrected chi connectivity index (χ1v) is 6.16. The van der Waals surface area contributed by atoms with Gasteiger partial charge < -0.3 is 15.4 Å². The Morgan fingerprint density at radius 1 is 1.33 bits per heavy atom. The van der Waals surface area contributed by atoms with Gasteiger partial charge in [0.25, 0.3) is 0 Å². The van der Waals surface area contributed by atoms with E-state index in [-0.39, 0.29) is 5.91 Å². The van der Waals surface area contributed by atoms with Crippen LogP contribution in [0.25, 0.3) is 0 Å². The maximum atomic E-state index is 11.4. The van der Waals surface area contributed by atoms with Gasteiger partial charge in [-0.05, 0) is 30.5 Å². The summed E-state index contributed by atoms with van der Waals surface area (Å²) in [6.07, 6.45) is 0. The third kappa shape index (κ3) is 4.85. The molecule has 2 N–H and O–H groups in total. The van der Waals surface area contributed by atoms with Crippen LogP contribution in [0.4, 0.5) is 0 Å². The lowest BCUT2D eigenvalue weighted by atomic mass is 10.0. The Morgan fingerprint density at radius 2 is 2.11 bits per heavy atom. The first-order valence-electron chi connectivity index (χ1n) is 6.16. The van der Waals surface area contributed by atoms with E-state index in [4.69, 9.17) is 4.74 Å². The fourth-order valence-corrected chi connectivity index (χ4v) is 1.67. The van der Waals surface area contributed by atoms with Crippen molar-refractivity contribution in [2.75, 3.05) is 26.8 Å². The number of hydrogen-bond donors (Lipinski definition) is 2. The second kappa shape index (κ2) is 7.84. The Hall–Kier alpha value is -1.39. The van der Waals surface area contributed by atoms with E-state index in [1.54, 1.807) is 7.11 Å². The quantitative estimate of drug-likeness (QED) is 0.714. The Balaban J connectivity index is 2.29. The number of hydrogen-bond acceptors (Lipinski definition) is 3. The molecule has 1 aromatic rings. The highest BCUT2D eigenvalue weighted by atomic mass is 16.5. The summed E-state index contributed by atoms with van der Waals surface area (Å²) in [5.41, 5.74) is 3.79. The molecule has 0 atom stereocenters. The molecule has 100 valence electrons. The molecule has 0 fully saturated rings. The topological polar surface area (TPSA) is 50.4 Å². The van der Waals surface area contributed by atoms with Crippen molar-refractivity contribution in [2.24, 2.45) is 0 Å². The summed E-state index contributed by atoms with van der Waals surface area (Å²) in [4.78, 5) is 11.4. The maximum Gasteiger partial charge on any atom is 0.234 e. The highest BCUT2D eigenvalue weighted by Crippen LogP contribution is 2.11. The van der Waals surface area contributed by atoms with Crippen molar-refractivity contribution < 1.29 is 9.53 Å². The molecular formula is C14H22N2O2. The van der Waals surface area contributed by atoms with Gasteiger partial charge in [-0.3, -0.25) is 4.79 Å². The second-order valence-corrected chi connectivity index (χ2v) is 4.31. The van der Waals surface area contributed by atoms with E-state index < -0.39 is 0 Å². The molecule has 0 aliphatic heterocycles. The third-order valence-corrected chi connectivity index (χ3v) is 2.95. The van der Waals surface area contributed by atoms with E-state index in [1.165, 1.54) is 16.7 Å². The molecule has 0 saturated heterocycles. The largest absolute Gasteiger partial charge is 0.383 e. The molecule has 0 spiro atoms. The smallest absolute Gasteiger partial charge is 0.234 e. The van der Waals surface area contributed by atoms with Crippen LogP contribution in [0.5, 0.6) is 0 Å². The maximum absolute atomic E-state index is 11.4. The number of ether oxygens (including phenoxy) is 1. The highest BCUT2D eigenvalue weighted by Gasteiger charge is 2.02. The van der Waals surface area contributed by atoms with Crippen molar-refractivity contribution in [1.29, 1.82) is 0 Å². The number of carbonyl (C=O) groups excluding carboxylic acids is 1. The molecule has 0 aliphatic rings. The van der Waals surface area contributed by atoms with Crippen LogP contribution in [0.2, 0.25) is 0 Å². The predicted octanol–water partition coefficient (Wildman–Crippen LogP) is 1.16. The Kier molecular flexibility index (Phi) is 6.39. The molecular weight excluding hydrogens is 228 g/mol. The van der Waals surface area contributed by atoms with Crippen LogP contribution in [0.15, 0.2) is 18.2 Å². The summed E-state index contributed by atoms with van der Waals surface area (Å²) in [6, 6.07) is 6.21. The molecule has 4 heteroatoms. The first-order chi connectivity index (χ1) is 8.65. The lowest BCUT2D eigenvalue weighted by Crippen LogP contribution is -2.35. The molecule has 1 aromatic carbocycles. The fraction of sp³-hybridized carbons (Fsp3) is 0.500. The highest BCUT2D eigenvalue weighted by molar-refractivity contribution is 5.77.